The number of aliphatic hydroxyl groups is 3. The number of nitrogens with zero attached hydrogens (tertiary/aromatic N) is 3. The van der Waals surface area contributed by atoms with Gasteiger partial charge < -0.3 is 44.0 Å². The number of esters is 1. The van der Waals surface area contributed by atoms with Crippen LogP contribution in [0.2, 0.25) is 0 Å². The molecular formula is C36H65N3O10. The van der Waals surface area contributed by atoms with Crippen molar-refractivity contribution in [3.63, 3.8) is 0 Å². The van der Waals surface area contributed by atoms with Gasteiger partial charge in [-0.1, -0.05) is 32.9 Å². The molecule has 3 aliphatic heterocycles. The molecule has 0 radical (unpaired) electrons. The quantitative estimate of drug-likeness (QED) is 0.140. The molecule has 0 saturated carbocycles. The van der Waals surface area contributed by atoms with Gasteiger partial charge in [-0.05, 0) is 87.0 Å². The van der Waals surface area contributed by atoms with Crippen LogP contribution in [0.4, 0.5) is 0 Å². The molecule has 0 aromatic rings. The first-order valence-corrected chi connectivity index (χ1v) is 18.2. The molecule has 3 N–H and O–H groups in total. The minimum Gasteiger partial charge on any atom is -0.459 e. The summed E-state index contributed by atoms with van der Waals surface area (Å²) in [5.74, 6) is -4.52. The SMILES string of the molecule is CCC1OC(=O)[C@H](C)C(=O)[C@H](C)[C@@H](O[C@@H]2O[C@H](C)C[C@H](N(C)C)[C@H]2O)[C@](C)(OC)C[C@@H](C)/C(=N\OCCN2CCCC2)[C@H](C)[C@@H](O)[C@]1(C)O. The molecule has 13 atom stereocenters. The number of ketones is 1. The number of likely N-dealkylation sites (N-methyl/N-ethyl adjacent to an activating group) is 1. The third kappa shape index (κ3) is 9.79. The van der Waals surface area contributed by atoms with E-state index in [0.29, 0.717) is 25.3 Å². The van der Waals surface area contributed by atoms with E-state index >= 15 is 0 Å². The van der Waals surface area contributed by atoms with Crippen LogP contribution in [0.5, 0.6) is 0 Å². The fourth-order valence-corrected chi connectivity index (χ4v) is 7.91. The number of carbonyl (C=O) groups excluding carboxylic acids is 2. The Balaban J connectivity index is 2.09. The number of aliphatic hydroxyl groups excluding tert-OH is 2. The molecule has 0 amide bonds. The monoisotopic (exact) mass is 699 g/mol. The molecule has 13 heteroatoms. The van der Waals surface area contributed by atoms with E-state index in [4.69, 9.17) is 23.8 Å². The van der Waals surface area contributed by atoms with Crippen LogP contribution in [-0.2, 0) is 33.4 Å². The van der Waals surface area contributed by atoms with Gasteiger partial charge in [0.15, 0.2) is 12.1 Å². The first kappa shape index (κ1) is 41.7. The lowest BCUT2D eigenvalue weighted by atomic mass is 9.74. The maximum atomic E-state index is 14.1. The zero-order valence-electron chi connectivity index (χ0n) is 31.8. The molecule has 0 aliphatic carbocycles. The van der Waals surface area contributed by atoms with Crippen molar-refractivity contribution in [1.29, 1.82) is 0 Å². The normalized spacial score (nSPS) is 43.1. The van der Waals surface area contributed by atoms with Crippen molar-refractivity contribution in [3.8, 4) is 0 Å². The summed E-state index contributed by atoms with van der Waals surface area (Å²) in [4.78, 5) is 37.7. The van der Waals surface area contributed by atoms with Gasteiger partial charge >= 0.3 is 5.97 Å². The highest BCUT2D eigenvalue weighted by molar-refractivity contribution is 6.00. The lowest BCUT2D eigenvalue weighted by Gasteiger charge is -2.47. The molecule has 13 nitrogen and oxygen atoms in total. The van der Waals surface area contributed by atoms with Gasteiger partial charge in [0.05, 0.1) is 29.6 Å². The summed E-state index contributed by atoms with van der Waals surface area (Å²) < 4.78 is 24.7. The van der Waals surface area contributed by atoms with Gasteiger partial charge in [-0.3, -0.25) is 14.5 Å². The van der Waals surface area contributed by atoms with E-state index in [1.807, 2.05) is 39.8 Å². The van der Waals surface area contributed by atoms with Crippen molar-refractivity contribution >= 4 is 17.5 Å². The number of methoxy groups -OCH3 is 1. The predicted molar refractivity (Wildman–Crippen MR) is 185 cm³/mol. The van der Waals surface area contributed by atoms with Crippen LogP contribution in [-0.4, -0.2) is 144 Å². The number of hydrogen-bond acceptors (Lipinski definition) is 13. The van der Waals surface area contributed by atoms with E-state index < -0.39 is 77.3 Å². The molecule has 49 heavy (non-hydrogen) atoms. The van der Waals surface area contributed by atoms with Crippen LogP contribution >= 0.6 is 0 Å². The largest absolute Gasteiger partial charge is 0.459 e. The molecule has 284 valence electrons. The molecule has 3 heterocycles. The maximum Gasteiger partial charge on any atom is 0.316 e. The molecule has 0 spiro atoms. The Morgan fingerprint density at radius 1 is 1.04 bits per heavy atom. The molecule has 3 rings (SSSR count). The van der Waals surface area contributed by atoms with E-state index in [1.165, 1.54) is 21.0 Å². The first-order valence-electron chi connectivity index (χ1n) is 18.2. The van der Waals surface area contributed by atoms with Crippen molar-refractivity contribution in [1.82, 2.24) is 9.80 Å². The highest BCUT2D eigenvalue weighted by Crippen LogP contribution is 2.38. The van der Waals surface area contributed by atoms with E-state index in [9.17, 15) is 24.9 Å². The summed E-state index contributed by atoms with van der Waals surface area (Å²) in [5, 5.41) is 39.4. The highest BCUT2D eigenvalue weighted by Gasteiger charge is 2.51. The van der Waals surface area contributed by atoms with Crippen molar-refractivity contribution < 1.29 is 48.7 Å². The number of Topliss-reactive ketones (excluding diaryl/α,β-unsaturated/α-hetero) is 1. The van der Waals surface area contributed by atoms with Crippen LogP contribution in [0.25, 0.3) is 0 Å². The minimum atomic E-state index is -1.87. The zero-order valence-corrected chi connectivity index (χ0v) is 31.8. The Bertz CT molecular complexity index is 1110. The topological polar surface area (TPSA) is 160 Å². The van der Waals surface area contributed by atoms with E-state index in [0.717, 1.165) is 25.9 Å². The molecule has 3 fully saturated rings. The van der Waals surface area contributed by atoms with Crippen molar-refractivity contribution in [2.75, 3.05) is 47.4 Å². The minimum absolute atomic E-state index is 0.197. The lowest BCUT2D eigenvalue weighted by Crippen LogP contribution is -2.60. The third-order valence-corrected chi connectivity index (χ3v) is 11.2. The molecule has 0 aromatic carbocycles. The van der Waals surface area contributed by atoms with Gasteiger partial charge in [-0.25, -0.2) is 0 Å². The van der Waals surface area contributed by atoms with Crippen LogP contribution in [0.15, 0.2) is 5.16 Å². The van der Waals surface area contributed by atoms with Gasteiger partial charge in [-0.2, -0.15) is 0 Å². The summed E-state index contributed by atoms with van der Waals surface area (Å²) in [6.45, 7) is 16.9. The number of cyclic esters (lactones) is 1. The summed E-state index contributed by atoms with van der Waals surface area (Å²) >= 11 is 0. The van der Waals surface area contributed by atoms with Crippen LogP contribution in [0, 0.1) is 23.7 Å². The van der Waals surface area contributed by atoms with Gasteiger partial charge in [0, 0.05) is 37.5 Å². The molecule has 3 aliphatic rings. The first-order chi connectivity index (χ1) is 22.9. The Kier molecular flexibility index (Phi) is 15.0. The number of rotatable bonds is 9. The summed E-state index contributed by atoms with van der Waals surface area (Å²) in [6.07, 6.45) is -2.47. The van der Waals surface area contributed by atoms with E-state index in [2.05, 4.69) is 10.1 Å². The van der Waals surface area contributed by atoms with Gasteiger partial charge in [0.1, 0.15) is 30.3 Å². The maximum absolute atomic E-state index is 14.1. The van der Waals surface area contributed by atoms with Crippen molar-refractivity contribution in [3.05, 3.63) is 0 Å². The standard InChI is InChI=1S/C36H65N3O10/c1-12-27-36(8,44)31(42)23(4)28(37-46-18-17-39-15-13-14-16-39)21(2)20-35(7,45-11)32(24(5)29(40)25(6)33(43)48-27)49-34-30(41)26(38(9)10)19-22(3)47-34/h21-27,30-32,34,41-42,44H,12-20H2,1-11H3/b37-28+/t21-,22-,23+,24+,25-,26+,27?,30-,31-,32-,34+,35-,36-/m1/s1. The average Bonchev–Trinajstić information content (AvgIpc) is 3.58. The number of likely N-dealkylation sites (tertiary alicyclic amines) is 1. The lowest BCUT2D eigenvalue weighted by molar-refractivity contribution is -0.295. The third-order valence-electron chi connectivity index (χ3n) is 11.2. The second-order valence-electron chi connectivity index (χ2n) is 15.4. The number of carbonyl (C=O) groups is 2. The molecule has 3 saturated heterocycles. The van der Waals surface area contributed by atoms with Crippen molar-refractivity contribution in [2.24, 2.45) is 28.8 Å². The smallest absolute Gasteiger partial charge is 0.316 e. The van der Waals surface area contributed by atoms with Crippen LogP contribution in [0.3, 0.4) is 0 Å². The second-order valence-corrected chi connectivity index (χ2v) is 15.4. The molecule has 1 unspecified atom stereocenters. The summed E-state index contributed by atoms with van der Waals surface area (Å²) in [7, 11) is 5.30. The van der Waals surface area contributed by atoms with Crippen LogP contribution < -0.4 is 0 Å². The number of oxime groups is 1. The fourth-order valence-electron chi connectivity index (χ4n) is 7.91. The summed E-state index contributed by atoms with van der Waals surface area (Å²) in [5.41, 5.74) is -2.57. The van der Waals surface area contributed by atoms with Crippen molar-refractivity contribution in [2.45, 2.75) is 142 Å². The van der Waals surface area contributed by atoms with E-state index in [-0.39, 0.29) is 25.0 Å². The second kappa shape index (κ2) is 17.7. The van der Waals surface area contributed by atoms with Gasteiger partial charge in [0.2, 0.25) is 0 Å². The van der Waals surface area contributed by atoms with Gasteiger partial charge in [0.25, 0.3) is 0 Å². The summed E-state index contributed by atoms with van der Waals surface area (Å²) in [6, 6.07) is -0.252. The fraction of sp³-hybridized carbons (Fsp3) is 0.917. The average molecular weight is 700 g/mol. The Morgan fingerprint density at radius 3 is 2.24 bits per heavy atom. The van der Waals surface area contributed by atoms with Crippen LogP contribution in [0.1, 0.15) is 87.5 Å². The highest BCUT2D eigenvalue weighted by atomic mass is 16.7. The molecule has 0 aromatic heterocycles. The predicted octanol–water partition coefficient (Wildman–Crippen LogP) is 2.62. The zero-order chi connectivity index (χ0) is 36.8. The van der Waals surface area contributed by atoms with Gasteiger partial charge in [-0.15, -0.1) is 0 Å². The number of ether oxygens (including phenoxy) is 4. The number of hydrogen-bond donors (Lipinski definition) is 3. The molecule has 0 bridgehead atoms. The van der Waals surface area contributed by atoms with E-state index in [1.54, 1.807) is 20.8 Å². The Hall–Kier alpha value is -1.71. The molecular weight excluding hydrogens is 634 g/mol. The Morgan fingerprint density at radius 2 is 1.67 bits per heavy atom. The Labute approximate surface area is 293 Å².